The molecule has 8 nitrogen and oxygen atoms in total. The molecular formula is C53H51N5O3Si. The standard InChI is InChI=1S/C53H51N5O3Si/c1-52(2,3)62(43-30-18-8-19-31-43,44-32-20-9-21-33-44)61-47-35-34-46(58-38-56-48-49(54-37-55-50(48)58)57-51(59)39-22-10-4-11-23-39)45(47)36-60-53(40-24-12-5-13-25-40,41-26-14-6-15-27-41)42-28-16-7-17-29-42/h4-33,37-38,45-47H,34-36H2,1-3H3,(H,54,55,57,59)/t45-,46-,47-/m0/s1. The van der Waals surface area contributed by atoms with E-state index in [0.717, 1.165) is 29.5 Å². The summed E-state index contributed by atoms with van der Waals surface area (Å²) in [5, 5.41) is 5.23. The van der Waals surface area contributed by atoms with Crippen LogP contribution in [0.1, 0.15) is 66.7 Å². The maximum Gasteiger partial charge on any atom is 0.261 e. The van der Waals surface area contributed by atoms with E-state index in [1.807, 2.05) is 42.7 Å². The summed E-state index contributed by atoms with van der Waals surface area (Å²) >= 11 is 0. The summed E-state index contributed by atoms with van der Waals surface area (Å²) in [5.74, 6) is -0.0446. The van der Waals surface area contributed by atoms with Crippen molar-refractivity contribution in [3.63, 3.8) is 0 Å². The molecule has 0 aliphatic heterocycles. The third kappa shape index (κ3) is 7.57. The fourth-order valence-corrected chi connectivity index (χ4v) is 14.3. The van der Waals surface area contributed by atoms with E-state index in [1.165, 1.54) is 16.7 Å². The lowest BCUT2D eigenvalue weighted by molar-refractivity contribution is -0.0347. The monoisotopic (exact) mass is 833 g/mol. The zero-order valence-corrected chi connectivity index (χ0v) is 36.3. The first-order valence-electron chi connectivity index (χ1n) is 21.4. The molecule has 9 heteroatoms. The molecule has 0 unspecified atom stereocenters. The summed E-state index contributed by atoms with van der Waals surface area (Å²) in [5.41, 5.74) is 3.88. The van der Waals surface area contributed by atoms with Gasteiger partial charge in [-0.15, -0.1) is 0 Å². The summed E-state index contributed by atoms with van der Waals surface area (Å²) in [6, 6.07) is 62.3. The van der Waals surface area contributed by atoms with Gasteiger partial charge in [-0.25, -0.2) is 15.0 Å². The number of fused-ring (bicyclic) bond motifs is 1. The van der Waals surface area contributed by atoms with Crippen LogP contribution in [-0.4, -0.2) is 46.5 Å². The summed E-state index contributed by atoms with van der Waals surface area (Å²) in [6.07, 6.45) is 4.73. The number of hydrogen-bond acceptors (Lipinski definition) is 6. The lowest BCUT2D eigenvalue weighted by Crippen LogP contribution is -2.68. The number of rotatable bonds is 13. The van der Waals surface area contributed by atoms with Gasteiger partial charge in [0.2, 0.25) is 0 Å². The van der Waals surface area contributed by atoms with E-state index in [1.54, 1.807) is 12.1 Å². The van der Waals surface area contributed by atoms with Crippen LogP contribution in [0.3, 0.4) is 0 Å². The first-order chi connectivity index (χ1) is 30.3. The minimum Gasteiger partial charge on any atom is -0.404 e. The average molecular weight is 834 g/mol. The van der Waals surface area contributed by atoms with Crippen molar-refractivity contribution >= 4 is 41.6 Å². The molecule has 6 aromatic carbocycles. The number of imidazole rings is 1. The van der Waals surface area contributed by atoms with Gasteiger partial charge in [0.05, 0.1) is 19.0 Å². The van der Waals surface area contributed by atoms with Gasteiger partial charge < -0.3 is 19.0 Å². The Balaban J connectivity index is 1.18. The lowest BCUT2D eigenvalue weighted by Gasteiger charge is -2.46. The number of hydrogen-bond donors (Lipinski definition) is 1. The Hall–Kier alpha value is -6.52. The molecule has 1 aliphatic rings. The number of ether oxygens (including phenoxy) is 1. The van der Waals surface area contributed by atoms with Crippen molar-refractivity contribution in [3.8, 4) is 0 Å². The molecule has 1 amide bonds. The molecule has 62 heavy (non-hydrogen) atoms. The van der Waals surface area contributed by atoms with Crippen molar-refractivity contribution in [1.82, 2.24) is 19.5 Å². The predicted octanol–water partition coefficient (Wildman–Crippen LogP) is 9.98. The fraction of sp³-hybridized carbons (Fsp3) is 0.208. The van der Waals surface area contributed by atoms with Gasteiger partial charge in [0.25, 0.3) is 14.2 Å². The zero-order chi connectivity index (χ0) is 42.6. The minimum absolute atomic E-state index is 0.115. The molecule has 2 heterocycles. The van der Waals surface area contributed by atoms with E-state index >= 15 is 0 Å². The Morgan fingerprint density at radius 2 is 1.13 bits per heavy atom. The van der Waals surface area contributed by atoms with Crippen molar-refractivity contribution in [2.24, 2.45) is 5.92 Å². The molecule has 3 atom stereocenters. The van der Waals surface area contributed by atoms with E-state index in [9.17, 15) is 4.79 Å². The van der Waals surface area contributed by atoms with Crippen molar-refractivity contribution in [3.05, 3.63) is 217 Å². The Morgan fingerprint density at radius 1 is 0.645 bits per heavy atom. The number of anilines is 1. The van der Waals surface area contributed by atoms with Crippen LogP contribution in [0.4, 0.5) is 5.82 Å². The van der Waals surface area contributed by atoms with Crippen LogP contribution in [0.15, 0.2) is 195 Å². The van der Waals surface area contributed by atoms with Crippen LogP contribution < -0.4 is 15.7 Å². The third-order valence-corrected chi connectivity index (χ3v) is 17.5. The molecule has 1 fully saturated rings. The van der Waals surface area contributed by atoms with E-state index in [2.05, 4.69) is 169 Å². The summed E-state index contributed by atoms with van der Waals surface area (Å²) in [7, 11) is -3.00. The molecule has 8 aromatic rings. The Kier molecular flexibility index (Phi) is 11.5. The smallest absolute Gasteiger partial charge is 0.261 e. The minimum atomic E-state index is -3.00. The fourth-order valence-electron chi connectivity index (χ4n) is 9.58. The molecule has 0 saturated heterocycles. The first-order valence-corrected chi connectivity index (χ1v) is 23.3. The van der Waals surface area contributed by atoms with E-state index in [4.69, 9.17) is 19.1 Å². The quantitative estimate of drug-likeness (QED) is 0.0919. The first kappa shape index (κ1) is 40.9. The van der Waals surface area contributed by atoms with E-state index in [0.29, 0.717) is 29.2 Å². The molecule has 0 bridgehead atoms. The molecule has 9 rings (SSSR count). The zero-order valence-electron chi connectivity index (χ0n) is 35.3. The second kappa shape index (κ2) is 17.5. The van der Waals surface area contributed by atoms with Crippen LogP contribution in [-0.2, 0) is 14.8 Å². The SMILES string of the molecule is CC(C)(C)[Si](O[C@H]1CC[C@H](n2cnc3c(NC(=O)c4ccccc4)ncnc32)[C@@H]1COC(c1ccccc1)(c1ccccc1)c1ccccc1)(c1ccccc1)c1ccccc1. The van der Waals surface area contributed by atoms with Crippen LogP contribution in [0.25, 0.3) is 11.2 Å². The van der Waals surface area contributed by atoms with E-state index < -0.39 is 13.9 Å². The van der Waals surface area contributed by atoms with Crippen molar-refractivity contribution in [1.29, 1.82) is 0 Å². The molecule has 1 saturated carbocycles. The highest BCUT2D eigenvalue weighted by Gasteiger charge is 2.54. The largest absolute Gasteiger partial charge is 0.404 e. The Morgan fingerprint density at radius 3 is 1.63 bits per heavy atom. The van der Waals surface area contributed by atoms with Crippen LogP contribution in [0, 0.1) is 5.92 Å². The molecule has 1 N–H and O–H groups in total. The van der Waals surface area contributed by atoms with Crippen molar-refractivity contribution in [2.75, 3.05) is 11.9 Å². The van der Waals surface area contributed by atoms with Gasteiger partial charge in [-0.05, 0) is 57.1 Å². The van der Waals surface area contributed by atoms with Gasteiger partial charge in [0, 0.05) is 17.5 Å². The lowest BCUT2D eigenvalue weighted by atomic mass is 9.80. The molecule has 310 valence electrons. The van der Waals surface area contributed by atoms with Gasteiger partial charge in [0.1, 0.15) is 11.9 Å². The molecule has 0 radical (unpaired) electrons. The molecule has 0 spiro atoms. The number of benzene rings is 6. The van der Waals surface area contributed by atoms with Crippen molar-refractivity contribution < 1.29 is 14.0 Å². The second-order valence-corrected chi connectivity index (χ2v) is 21.3. The normalized spacial score (nSPS) is 16.9. The number of nitrogens with zero attached hydrogens (tertiary/aromatic N) is 4. The van der Waals surface area contributed by atoms with Crippen molar-refractivity contribution in [2.45, 2.75) is 56.4 Å². The molecular weight excluding hydrogens is 783 g/mol. The summed E-state index contributed by atoms with van der Waals surface area (Å²) in [6.45, 7) is 7.34. The van der Waals surface area contributed by atoms with E-state index in [-0.39, 0.29) is 29.0 Å². The maximum absolute atomic E-state index is 13.4. The third-order valence-electron chi connectivity index (χ3n) is 12.5. The van der Waals surface area contributed by atoms with Crippen LogP contribution in [0.5, 0.6) is 0 Å². The van der Waals surface area contributed by atoms with Gasteiger partial charge in [-0.1, -0.05) is 191 Å². The summed E-state index contributed by atoms with van der Waals surface area (Å²) < 4.78 is 17.9. The molecule has 2 aromatic heterocycles. The van der Waals surface area contributed by atoms with Gasteiger partial charge in [-0.2, -0.15) is 0 Å². The maximum atomic E-state index is 13.4. The summed E-state index contributed by atoms with van der Waals surface area (Å²) in [4.78, 5) is 27.5. The second-order valence-electron chi connectivity index (χ2n) is 17.1. The highest BCUT2D eigenvalue weighted by atomic mass is 28.4. The predicted molar refractivity (Wildman–Crippen MR) is 249 cm³/mol. The van der Waals surface area contributed by atoms with Gasteiger partial charge >= 0.3 is 0 Å². The van der Waals surface area contributed by atoms with Crippen LogP contribution >= 0.6 is 0 Å². The number of aromatic nitrogens is 4. The van der Waals surface area contributed by atoms with Crippen LogP contribution in [0.2, 0.25) is 5.04 Å². The number of amides is 1. The number of nitrogens with one attached hydrogen (secondary N) is 1. The Bertz CT molecular complexity index is 2580. The number of carbonyl (C=O) groups is 1. The highest BCUT2D eigenvalue weighted by Crippen LogP contribution is 2.47. The topological polar surface area (TPSA) is 91.2 Å². The number of carbonyl (C=O) groups excluding carboxylic acids is 1. The average Bonchev–Trinajstić information content (AvgIpc) is 3.94. The Labute approximate surface area is 364 Å². The van der Waals surface area contributed by atoms with Gasteiger partial charge in [-0.3, -0.25) is 4.79 Å². The highest BCUT2D eigenvalue weighted by molar-refractivity contribution is 6.99. The molecule has 1 aliphatic carbocycles. The van der Waals surface area contributed by atoms with Gasteiger partial charge in [0.15, 0.2) is 17.0 Å².